The van der Waals surface area contributed by atoms with Crippen LogP contribution in [-0.4, -0.2) is 75.7 Å². The first-order valence-electron chi connectivity index (χ1n) is 7.61. The number of aliphatic carboxylic acids is 1. The third kappa shape index (κ3) is 5.96. The number of rotatable bonds is 9. The van der Waals surface area contributed by atoms with Gasteiger partial charge in [-0.15, -0.1) is 0 Å². The van der Waals surface area contributed by atoms with Gasteiger partial charge in [-0.3, -0.25) is 0 Å². The molecule has 0 heterocycles. The smallest absolute Gasteiger partial charge is 0.460 e. The lowest BCUT2D eigenvalue weighted by atomic mass is 9.89. The van der Waals surface area contributed by atoms with Gasteiger partial charge in [0, 0.05) is 12.0 Å². The monoisotopic (exact) mass is 530 g/mol. The van der Waals surface area contributed by atoms with Crippen LogP contribution >= 0.6 is 0 Å². The van der Waals surface area contributed by atoms with Gasteiger partial charge in [-0.05, 0) is 6.92 Å². The van der Waals surface area contributed by atoms with E-state index in [1.54, 1.807) is 0 Å². The Hall–Kier alpha value is -1.92. The molecule has 0 bridgehead atoms. The fourth-order valence-corrected chi connectivity index (χ4v) is 1.49. The molecular weight excluding hydrogens is 517 g/mol. The van der Waals surface area contributed by atoms with Gasteiger partial charge in [0.15, 0.2) is 0 Å². The lowest BCUT2D eigenvalue weighted by molar-refractivity contribution is -0.453. The third-order valence-electron chi connectivity index (χ3n) is 3.46. The van der Waals surface area contributed by atoms with Gasteiger partial charge in [0.1, 0.15) is 0 Å². The van der Waals surface area contributed by atoms with Gasteiger partial charge < -0.3 is 15.3 Å². The predicted octanol–water partition coefficient (Wildman–Crippen LogP) is 4.75. The summed E-state index contributed by atoms with van der Waals surface area (Å²) < 4.78 is 191. The molecule has 4 nitrogen and oxygen atoms in total. The van der Waals surface area contributed by atoms with Gasteiger partial charge in [0.25, 0.3) is 0 Å². The SMILES string of the molecule is C=C(C)C(=O)O.OCC(O)CC(F)(F)C(F)(F)C(F)(F)C(F)(F)C(F)(F)C(F)(F)C(F)(F)F. The number of alkyl halides is 15. The molecule has 1 atom stereocenters. The summed E-state index contributed by atoms with van der Waals surface area (Å²) in [5.41, 5.74) is 0.176. The summed E-state index contributed by atoms with van der Waals surface area (Å²) in [6.45, 7) is 2.76. The number of halogens is 15. The minimum absolute atomic E-state index is 0.176. The average molecular weight is 530 g/mol. The van der Waals surface area contributed by atoms with E-state index in [0.29, 0.717) is 0 Å². The molecule has 0 aromatic rings. The Kier molecular flexibility index (Phi) is 9.82. The van der Waals surface area contributed by atoms with Gasteiger partial charge in [0.05, 0.1) is 12.7 Å². The molecule has 0 aliphatic carbocycles. The predicted molar refractivity (Wildman–Crippen MR) is 75.9 cm³/mol. The number of hydrogen-bond donors (Lipinski definition) is 3. The van der Waals surface area contributed by atoms with Crippen molar-refractivity contribution in [3.8, 4) is 0 Å². The molecule has 0 aliphatic rings. The number of carbonyl (C=O) groups is 1. The highest BCUT2D eigenvalue weighted by atomic mass is 19.4. The Balaban J connectivity index is 0. The van der Waals surface area contributed by atoms with Crippen molar-refractivity contribution in [1.29, 1.82) is 0 Å². The number of aliphatic hydroxyl groups is 2. The van der Waals surface area contributed by atoms with E-state index in [0.717, 1.165) is 0 Å². The van der Waals surface area contributed by atoms with Crippen LogP contribution in [0, 0.1) is 0 Å². The lowest BCUT2D eigenvalue weighted by Gasteiger charge is -2.41. The van der Waals surface area contributed by atoms with E-state index in [1.807, 2.05) is 0 Å². The van der Waals surface area contributed by atoms with Crippen LogP contribution in [0.5, 0.6) is 0 Å². The zero-order valence-corrected chi connectivity index (χ0v) is 15.6. The molecule has 0 aromatic heterocycles. The molecule has 0 radical (unpaired) electrons. The molecule has 0 rings (SSSR count). The van der Waals surface area contributed by atoms with Crippen molar-refractivity contribution in [2.24, 2.45) is 0 Å². The van der Waals surface area contributed by atoms with Gasteiger partial charge in [-0.25, -0.2) is 4.79 Å². The van der Waals surface area contributed by atoms with Crippen LogP contribution < -0.4 is 0 Å². The van der Waals surface area contributed by atoms with Gasteiger partial charge in [-0.2, -0.15) is 65.9 Å². The van der Waals surface area contributed by atoms with Crippen molar-refractivity contribution < 1.29 is 86.0 Å². The molecule has 0 amide bonds. The molecule has 0 spiro atoms. The van der Waals surface area contributed by atoms with Crippen LogP contribution in [0.3, 0.4) is 0 Å². The van der Waals surface area contributed by atoms with E-state index in [-0.39, 0.29) is 5.57 Å². The summed E-state index contributed by atoms with van der Waals surface area (Å²) >= 11 is 0. The number of carboxylic acids is 1. The van der Waals surface area contributed by atoms with Gasteiger partial charge in [-0.1, -0.05) is 6.58 Å². The van der Waals surface area contributed by atoms with E-state index < -0.39 is 66.8 Å². The topological polar surface area (TPSA) is 77.8 Å². The van der Waals surface area contributed by atoms with Crippen molar-refractivity contribution in [3.63, 3.8) is 0 Å². The van der Waals surface area contributed by atoms with Crippen molar-refractivity contribution in [2.45, 2.75) is 61.2 Å². The van der Waals surface area contributed by atoms with Gasteiger partial charge >= 0.3 is 47.7 Å². The summed E-state index contributed by atoms with van der Waals surface area (Å²) in [4.78, 5) is 9.60. The van der Waals surface area contributed by atoms with Crippen LogP contribution in [0.4, 0.5) is 65.9 Å². The van der Waals surface area contributed by atoms with Crippen LogP contribution in [0.2, 0.25) is 0 Å². The fraction of sp³-hybridized carbons (Fsp3) is 0.786. The Morgan fingerprint density at radius 3 is 1.24 bits per heavy atom. The molecule has 0 saturated heterocycles. The maximum atomic E-state index is 13.2. The Bertz CT molecular complexity index is 687. The van der Waals surface area contributed by atoms with Gasteiger partial charge in [0.2, 0.25) is 0 Å². The van der Waals surface area contributed by atoms with E-state index in [4.69, 9.17) is 15.3 Å². The molecule has 19 heteroatoms. The maximum Gasteiger partial charge on any atom is 0.460 e. The molecule has 1 unspecified atom stereocenters. The Labute approximate surface area is 173 Å². The van der Waals surface area contributed by atoms with Crippen LogP contribution in [0.1, 0.15) is 13.3 Å². The molecule has 3 N–H and O–H groups in total. The summed E-state index contributed by atoms with van der Waals surface area (Å²) in [5.74, 6) is -48.0. The normalized spacial score (nSPS) is 15.5. The third-order valence-corrected chi connectivity index (χ3v) is 3.46. The first-order chi connectivity index (χ1) is 14.1. The van der Waals surface area contributed by atoms with Crippen molar-refractivity contribution in [3.05, 3.63) is 12.2 Å². The molecule has 198 valence electrons. The minimum atomic E-state index is -8.35. The summed E-state index contributed by atoms with van der Waals surface area (Å²) in [6.07, 6.45) is -13.6. The number of aliphatic hydroxyl groups excluding tert-OH is 2. The van der Waals surface area contributed by atoms with Crippen LogP contribution in [-0.2, 0) is 4.79 Å². The second-order valence-corrected chi connectivity index (χ2v) is 6.20. The first kappa shape index (κ1) is 33.3. The lowest BCUT2D eigenvalue weighted by Crippen LogP contribution is -2.72. The van der Waals surface area contributed by atoms with Crippen LogP contribution in [0.15, 0.2) is 12.2 Å². The molecule has 0 aromatic carbocycles. The molecule has 0 aliphatic heterocycles. The highest BCUT2D eigenvalue weighted by Crippen LogP contribution is 2.62. The van der Waals surface area contributed by atoms with Crippen molar-refractivity contribution in [2.75, 3.05) is 6.61 Å². The zero-order valence-electron chi connectivity index (χ0n) is 15.6. The van der Waals surface area contributed by atoms with Crippen LogP contribution in [0.25, 0.3) is 0 Å². The Morgan fingerprint density at radius 1 is 0.727 bits per heavy atom. The first-order valence-corrected chi connectivity index (χ1v) is 7.61. The summed E-state index contributed by atoms with van der Waals surface area (Å²) in [5, 5.41) is 24.5. The molecular formula is C14H13F15O4. The average Bonchev–Trinajstić information content (AvgIpc) is 2.59. The minimum Gasteiger partial charge on any atom is -0.478 e. The largest absolute Gasteiger partial charge is 0.478 e. The van der Waals surface area contributed by atoms with E-state index >= 15 is 0 Å². The zero-order chi connectivity index (χ0) is 27.6. The Morgan fingerprint density at radius 2 is 1.00 bits per heavy atom. The summed E-state index contributed by atoms with van der Waals surface area (Å²) in [6, 6.07) is 0. The maximum absolute atomic E-state index is 13.2. The van der Waals surface area contributed by atoms with E-state index in [2.05, 4.69) is 6.58 Å². The number of carboxylic acid groups (broad SMARTS) is 1. The number of hydrogen-bond acceptors (Lipinski definition) is 3. The molecule has 0 fully saturated rings. The second kappa shape index (κ2) is 9.75. The molecule has 33 heavy (non-hydrogen) atoms. The fourth-order valence-electron chi connectivity index (χ4n) is 1.49. The highest BCUT2D eigenvalue weighted by Gasteiger charge is 2.93. The summed E-state index contributed by atoms with van der Waals surface area (Å²) in [7, 11) is 0. The molecule has 0 saturated carbocycles. The van der Waals surface area contributed by atoms with E-state index in [9.17, 15) is 70.7 Å². The second-order valence-electron chi connectivity index (χ2n) is 6.20. The quantitative estimate of drug-likeness (QED) is 0.297. The highest BCUT2D eigenvalue weighted by molar-refractivity contribution is 5.84. The van der Waals surface area contributed by atoms with Crippen molar-refractivity contribution in [1.82, 2.24) is 0 Å². The van der Waals surface area contributed by atoms with E-state index in [1.165, 1.54) is 6.92 Å². The standard InChI is InChI=1S/C10H7F15O2.C4H6O2/c11-4(12,1-3(27)2-26)5(13,14)6(15,16)7(17,18)8(19,20)9(21,22)10(23,24)25;1-3(2)4(5)6/h3,26-27H,1-2H2;1H2,2H3,(H,5,6). The van der Waals surface area contributed by atoms with Crippen molar-refractivity contribution >= 4 is 5.97 Å².